The number of hydrogen-bond donors (Lipinski definition) is 3. The minimum atomic E-state index is -3.71. The van der Waals surface area contributed by atoms with Crippen LogP contribution < -0.4 is 10.0 Å². The number of aryl methyl sites for hydroxylation is 3. The average molecular weight is 371 g/mol. The highest BCUT2D eigenvalue weighted by Crippen LogP contribution is 2.21. The number of anilines is 2. The highest BCUT2D eigenvalue weighted by atomic mass is 32.2. The van der Waals surface area contributed by atoms with Crippen LogP contribution in [-0.2, 0) is 16.6 Å². The van der Waals surface area contributed by atoms with Gasteiger partial charge in [0, 0.05) is 6.54 Å². The smallest absolute Gasteiger partial charge is 0.265 e. The van der Waals surface area contributed by atoms with E-state index in [-0.39, 0.29) is 4.90 Å². The van der Waals surface area contributed by atoms with Crippen molar-refractivity contribution in [1.29, 1.82) is 0 Å². The number of aromatic nitrogens is 3. The van der Waals surface area contributed by atoms with Crippen LogP contribution in [0, 0.1) is 20.8 Å². The van der Waals surface area contributed by atoms with Gasteiger partial charge >= 0.3 is 0 Å². The monoisotopic (exact) mass is 371 g/mol. The van der Waals surface area contributed by atoms with Crippen molar-refractivity contribution >= 4 is 21.5 Å². The normalized spacial score (nSPS) is 11.3. The molecule has 2 heterocycles. The fourth-order valence-electron chi connectivity index (χ4n) is 2.60. The molecule has 3 N–H and O–H groups in total. The summed E-state index contributed by atoms with van der Waals surface area (Å²) in [5, 5.41) is 9.82. The summed E-state index contributed by atoms with van der Waals surface area (Å²) in [6.07, 6.45) is 1.49. The van der Waals surface area contributed by atoms with E-state index < -0.39 is 10.0 Å². The second kappa shape index (κ2) is 7.17. The second-order valence-electron chi connectivity index (χ2n) is 6.14. The number of H-pyrrole nitrogens is 1. The predicted octanol–water partition coefficient (Wildman–Crippen LogP) is 3.14. The molecule has 0 amide bonds. The van der Waals surface area contributed by atoms with Gasteiger partial charge in [-0.25, -0.2) is 13.4 Å². The molecule has 0 spiro atoms. The highest BCUT2D eigenvalue weighted by Gasteiger charge is 2.22. The van der Waals surface area contributed by atoms with Gasteiger partial charge in [0.15, 0.2) is 0 Å². The number of pyridine rings is 1. The molecule has 7 nitrogen and oxygen atoms in total. The van der Waals surface area contributed by atoms with Gasteiger partial charge in [-0.3, -0.25) is 9.82 Å². The first-order valence-corrected chi connectivity index (χ1v) is 9.63. The number of benzene rings is 1. The Bertz CT molecular complexity index is 974. The maximum Gasteiger partial charge on any atom is 0.265 e. The zero-order chi connectivity index (χ0) is 18.7. The Morgan fingerprint density at radius 3 is 2.35 bits per heavy atom. The lowest BCUT2D eigenvalue weighted by atomic mass is 10.1. The van der Waals surface area contributed by atoms with Crippen molar-refractivity contribution in [3.8, 4) is 0 Å². The zero-order valence-corrected chi connectivity index (χ0v) is 15.7. The van der Waals surface area contributed by atoms with Crippen molar-refractivity contribution in [2.45, 2.75) is 32.2 Å². The lowest BCUT2D eigenvalue weighted by Crippen LogP contribution is -2.14. The number of sulfonamides is 1. The minimum Gasteiger partial charge on any atom is -0.366 e. The van der Waals surface area contributed by atoms with Gasteiger partial charge in [0.2, 0.25) is 0 Å². The van der Waals surface area contributed by atoms with Crippen molar-refractivity contribution in [2.75, 3.05) is 10.0 Å². The van der Waals surface area contributed by atoms with E-state index in [0.29, 0.717) is 29.4 Å². The van der Waals surface area contributed by atoms with E-state index in [9.17, 15) is 8.42 Å². The molecule has 8 heteroatoms. The van der Waals surface area contributed by atoms with Crippen LogP contribution in [0.1, 0.15) is 22.5 Å². The number of hydrogen-bond acceptors (Lipinski definition) is 5. The first kappa shape index (κ1) is 17.9. The Morgan fingerprint density at radius 1 is 1.04 bits per heavy atom. The van der Waals surface area contributed by atoms with E-state index in [1.165, 1.54) is 11.8 Å². The second-order valence-corrected chi connectivity index (χ2v) is 7.76. The van der Waals surface area contributed by atoms with Crippen LogP contribution in [0.15, 0.2) is 47.5 Å². The average Bonchev–Trinajstić information content (AvgIpc) is 2.95. The van der Waals surface area contributed by atoms with E-state index in [1.807, 2.05) is 6.92 Å². The zero-order valence-electron chi connectivity index (χ0n) is 14.9. The number of nitrogens with one attached hydrogen (secondary N) is 3. The van der Waals surface area contributed by atoms with Crippen LogP contribution in [0.25, 0.3) is 0 Å². The van der Waals surface area contributed by atoms with Crippen LogP contribution in [0.3, 0.4) is 0 Å². The topological polar surface area (TPSA) is 99.8 Å². The largest absolute Gasteiger partial charge is 0.366 e. The Hall–Kier alpha value is -2.87. The molecule has 0 aliphatic heterocycles. The third-order valence-corrected chi connectivity index (χ3v) is 5.58. The van der Waals surface area contributed by atoms with E-state index >= 15 is 0 Å². The summed E-state index contributed by atoms with van der Waals surface area (Å²) >= 11 is 0. The van der Waals surface area contributed by atoms with Crippen LogP contribution in [0.5, 0.6) is 0 Å². The summed E-state index contributed by atoms with van der Waals surface area (Å²) in [4.78, 5) is 4.43. The molecule has 26 heavy (non-hydrogen) atoms. The van der Waals surface area contributed by atoms with Crippen LogP contribution >= 0.6 is 0 Å². The molecule has 0 aliphatic carbocycles. The minimum absolute atomic E-state index is 0.166. The lowest BCUT2D eigenvalue weighted by molar-refractivity contribution is 0.600. The SMILES string of the molecule is Cc1ccc(CNc2ccc(NS(=O)(=O)c3c(C)n[nH]c3C)cn2)cc1. The molecule has 0 fully saturated rings. The van der Waals surface area contributed by atoms with Crippen molar-refractivity contribution in [2.24, 2.45) is 0 Å². The molecule has 3 rings (SSSR count). The summed E-state index contributed by atoms with van der Waals surface area (Å²) in [6, 6.07) is 11.6. The van der Waals surface area contributed by atoms with Crippen molar-refractivity contribution in [3.63, 3.8) is 0 Å². The van der Waals surface area contributed by atoms with Gasteiger partial charge in [-0.05, 0) is 38.5 Å². The molecule has 0 unspecified atom stereocenters. The van der Waals surface area contributed by atoms with Gasteiger partial charge in [-0.2, -0.15) is 5.10 Å². The Labute approximate surface area is 152 Å². The van der Waals surface area contributed by atoms with Gasteiger partial charge in [0.1, 0.15) is 10.7 Å². The van der Waals surface area contributed by atoms with E-state index in [0.717, 1.165) is 5.56 Å². The molecule has 1 aromatic carbocycles. The molecule has 0 radical (unpaired) electrons. The number of aromatic amines is 1. The Morgan fingerprint density at radius 2 is 1.77 bits per heavy atom. The molecule has 136 valence electrons. The van der Waals surface area contributed by atoms with Gasteiger partial charge in [0.05, 0.1) is 23.3 Å². The molecule has 2 aromatic heterocycles. The Balaban J connectivity index is 1.67. The summed E-state index contributed by atoms with van der Waals surface area (Å²) in [5.41, 5.74) is 3.68. The van der Waals surface area contributed by atoms with Crippen molar-refractivity contribution < 1.29 is 8.42 Å². The molecular formula is C18H21N5O2S. The van der Waals surface area contributed by atoms with Gasteiger partial charge in [-0.15, -0.1) is 0 Å². The van der Waals surface area contributed by atoms with Gasteiger partial charge < -0.3 is 5.32 Å². The summed E-state index contributed by atoms with van der Waals surface area (Å²) < 4.78 is 27.6. The van der Waals surface area contributed by atoms with Crippen molar-refractivity contribution in [1.82, 2.24) is 15.2 Å². The van der Waals surface area contributed by atoms with Crippen LogP contribution in [0.4, 0.5) is 11.5 Å². The molecule has 0 aliphatic rings. The fraction of sp³-hybridized carbons (Fsp3) is 0.222. The summed E-state index contributed by atoms with van der Waals surface area (Å²) in [7, 11) is -3.71. The standard InChI is InChI=1S/C18H21N5O2S/c1-12-4-6-15(7-5-12)10-19-17-9-8-16(11-20-17)23-26(24,25)18-13(2)21-22-14(18)3/h4-9,11,23H,10H2,1-3H3,(H,19,20)(H,21,22). The quantitative estimate of drug-likeness (QED) is 0.618. The van der Waals surface area contributed by atoms with Crippen molar-refractivity contribution in [3.05, 3.63) is 65.1 Å². The molecular weight excluding hydrogens is 350 g/mol. The van der Waals surface area contributed by atoms with Crippen LogP contribution in [0.2, 0.25) is 0 Å². The van der Waals surface area contributed by atoms with Crippen LogP contribution in [-0.4, -0.2) is 23.6 Å². The maximum absolute atomic E-state index is 12.5. The molecule has 0 atom stereocenters. The molecule has 0 saturated carbocycles. The Kier molecular flexibility index (Phi) is 4.94. The molecule has 0 saturated heterocycles. The third-order valence-electron chi connectivity index (χ3n) is 3.94. The number of nitrogens with zero attached hydrogens (tertiary/aromatic N) is 2. The van der Waals surface area contributed by atoms with E-state index in [1.54, 1.807) is 26.0 Å². The molecule has 0 bridgehead atoms. The van der Waals surface area contributed by atoms with E-state index in [2.05, 4.69) is 49.5 Å². The highest BCUT2D eigenvalue weighted by molar-refractivity contribution is 7.92. The lowest BCUT2D eigenvalue weighted by Gasteiger charge is -2.10. The number of rotatable bonds is 6. The van der Waals surface area contributed by atoms with E-state index in [4.69, 9.17) is 0 Å². The summed E-state index contributed by atoms with van der Waals surface area (Å²) in [6.45, 7) is 6.01. The molecule has 3 aromatic rings. The first-order valence-electron chi connectivity index (χ1n) is 8.15. The van der Waals surface area contributed by atoms with Gasteiger partial charge in [-0.1, -0.05) is 29.8 Å². The third kappa shape index (κ3) is 4.02. The predicted molar refractivity (Wildman–Crippen MR) is 102 cm³/mol. The first-order chi connectivity index (χ1) is 12.3. The maximum atomic E-state index is 12.5. The summed E-state index contributed by atoms with van der Waals surface area (Å²) in [5.74, 6) is 0.671. The fourth-order valence-corrected chi connectivity index (χ4v) is 4.02. The van der Waals surface area contributed by atoms with Gasteiger partial charge in [0.25, 0.3) is 10.0 Å².